The van der Waals surface area contributed by atoms with Crippen LogP contribution >= 0.6 is 0 Å². The van der Waals surface area contributed by atoms with Crippen molar-refractivity contribution in [3.05, 3.63) is 72.6 Å². The molecule has 0 unspecified atom stereocenters. The third-order valence-corrected chi connectivity index (χ3v) is 5.77. The van der Waals surface area contributed by atoms with Crippen molar-refractivity contribution < 1.29 is 32.7 Å². The Morgan fingerprint density at radius 2 is 1.76 bits per heavy atom. The Kier molecular flexibility index (Phi) is 5.04. The molecule has 1 aliphatic rings. The standard InChI is InChI=1S/C24H21N4.Y/c1-16-11-12-18(19-8-7-13-25-15-19)14-22(16)27-17(2)24(3,4)28-21-10-6-5-9-20(21)26-23(27)28;/h5-13H,1-4H3;/q-1;. The second-order valence-corrected chi connectivity index (χ2v) is 7.78. The van der Waals surface area contributed by atoms with Gasteiger partial charge in [0.1, 0.15) is 11.1 Å². The van der Waals surface area contributed by atoms with Crippen LogP contribution in [0.2, 0.25) is 0 Å². The summed E-state index contributed by atoms with van der Waals surface area (Å²) >= 11 is 0. The largest absolute Gasteiger partial charge is 0.404 e. The van der Waals surface area contributed by atoms with E-state index in [1.807, 2.05) is 18.2 Å². The van der Waals surface area contributed by atoms with Gasteiger partial charge in [0.05, 0.1) is 5.71 Å². The molecule has 4 nitrogen and oxygen atoms in total. The number of para-hydroxylation sites is 2. The molecular weight excluding hydrogens is 433 g/mol. The summed E-state index contributed by atoms with van der Waals surface area (Å²) in [6, 6.07) is 20.1. The molecule has 2 aromatic carbocycles. The van der Waals surface area contributed by atoms with Gasteiger partial charge in [-0.2, -0.15) is 18.2 Å². The van der Waals surface area contributed by atoms with Crippen molar-refractivity contribution in [3.63, 3.8) is 0 Å². The molecule has 0 amide bonds. The predicted molar refractivity (Wildman–Crippen MR) is 113 cm³/mol. The second-order valence-electron chi connectivity index (χ2n) is 7.78. The van der Waals surface area contributed by atoms with E-state index in [-0.39, 0.29) is 38.2 Å². The van der Waals surface area contributed by atoms with E-state index in [9.17, 15) is 0 Å². The topological polar surface area (TPSA) is 33.7 Å². The molecule has 0 saturated heterocycles. The molecule has 4 aromatic rings. The first-order valence-corrected chi connectivity index (χ1v) is 9.46. The molecule has 0 fully saturated rings. The van der Waals surface area contributed by atoms with Gasteiger partial charge in [-0.1, -0.05) is 42.0 Å². The average Bonchev–Trinajstić information content (AvgIpc) is 3.17. The summed E-state index contributed by atoms with van der Waals surface area (Å²) in [5, 5.41) is 0. The Hall–Kier alpha value is -2.17. The van der Waals surface area contributed by atoms with Gasteiger partial charge in [0.15, 0.2) is 5.52 Å². The van der Waals surface area contributed by atoms with Crippen molar-refractivity contribution in [1.82, 2.24) is 19.1 Å². The maximum absolute atomic E-state index is 4.97. The number of imidazole rings is 1. The second kappa shape index (κ2) is 7.26. The molecule has 3 heterocycles. The summed E-state index contributed by atoms with van der Waals surface area (Å²) < 4.78 is 4.57. The summed E-state index contributed by atoms with van der Waals surface area (Å²) in [6.07, 6.45) is 4.80. The quantitative estimate of drug-likeness (QED) is 0.314. The molecule has 1 aliphatic heterocycles. The van der Waals surface area contributed by atoms with Crippen molar-refractivity contribution in [1.29, 1.82) is 0 Å². The molecule has 5 rings (SSSR count). The average molecular weight is 454 g/mol. The third kappa shape index (κ3) is 3.01. The minimum Gasteiger partial charge on any atom is -0.371 e. The van der Waals surface area contributed by atoms with Crippen molar-refractivity contribution in [2.75, 3.05) is 0 Å². The Labute approximate surface area is 196 Å². The zero-order valence-corrected chi connectivity index (χ0v) is 19.9. The normalized spacial score (nSPS) is 14.8. The van der Waals surface area contributed by atoms with E-state index >= 15 is 0 Å². The fraction of sp³-hybridized carbons (Fsp3) is 0.208. The van der Waals surface area contributed by atoms with Gasteiger partial charge in [0, 0.05) is 38.4 Å². The number of pyridine rings is 1. The van der Waals surface area contributed by atoms with Crippen LogP contribution in [0.5, 0.6) is 0 Å². The van der Waals surface area contributed by atoms with E-state index in [2.05, 4.69) is 84.4 Å². The van der Waals surface area contributed by atoms with Crippen molar-refractivity contribution in [3.8, 4) is 11.1 Å². The molecule has 29 heavy (non-hydrogen) atoms. The molecule has 0 N–H and O–H groups in total. The summed E-state index contributed by atoms with van der Waals surface area (Å²) in [5.74, 6) is 0.940. The van der Waals surface area contributed by atoms with Gasteiger partial charge in [0.25, 0.3) is 0 Å². The number of aromatic nitrogens is 3. The zero-order valence-electron chi connectivity index (χ0n) is 17.1. The first kappa shape index (κ1) is 20.1. The Balaban J connectivity index is 0.00000205. The van der Waals surface area contributed by atoms with Crippen LogP contribution in [0.1, 0.15) is 26.3 Å². The summed E-state index contributed by atoms with van der Waals surface area (Å²) in [7, 11) is 0. The molecule has 0 saturated carbocycles. The van der Waals surface area contributed by atoms with Gasteiger partial charge in [-0.15, -0.1) is 12.1 Å². The van der Waals surface area contributed by atoms with Gasteiger partial charge in [0.2, 0.25) is 0 Å². The van der Waals surface area contributed by atoms with Crippen LogP contribution in [0.4, 0.5) is 11.6 Å². The van der Waals surface area contributed by atoms with Crippen LogP contribution in [0.3, 0.4) is 0 Å². The van der Waals surface area contributed by atoms with Gasteiger partial charge in [-0.05, 0) is 32.9 Å². The number of aryl methyl sites for hydroxylation is 1. The third-order valence-electron chi connectivity index (χ3n) is 5.77. The molecular formula is C24H21N4Y-. The minimum absolute atomic E-state index is 0. The smallest absolute Gasteiger partial charge is 0.371 e. The van der Waals surface area contributed by atoms with Crippen molar-refractivity contribution >= 4 is 28.4 Å². The van der Waals surface area contributed by atoms with Gasteiger partial charge in [-0.3, -0.25) is 0 Å². The first-order valence-electron chi connectivity index (χ1n) is 9.46. The SMILES string of the molecule is CC1=[N+](c2[c-]c(-c3[c-]nccc3)ccc2C)c2nc3ccccc3n2C1(C)C.[Y]. The first-order chi connectivity index (χ1) is 13.5. The predicted octanol–water partition coefficient (Wildman–Crippen LogP) is 5.05. The van der Waals surface area contributed by atoms with Crippen LogP contribution in [0.25, 0.3) is 22.2 Å². The molecule has 1 radical (unpaired) electrons. The van der Waals surface area contributed by atoms with Crippen LogP contribution in [-0.4, -0.2) is 20.2 Å². The zero-order chi connectivity index (χ0) is 19.5. The number of rotatable bonds is 2. The van der Waals surface area contributed by atoms with Crippen LogP contribution in [0, 0.1) is 19.2 Å². The minimum atomic E-state index is -0.178. The molecule has 2 aromatic heterocycles. The van der Waals surface area contributed by atoms with E-state index in [1.165, 1.54) is 5.71 Å². The maximum atomic E-state index is 4.97. The Morgan fingerprint density at radius 1 is 0.966 bits per heavy atom. The van der Waals surface area contributed by atoms with E-state index in [4.69, 9.17) is 4.98 Å². The number of hydrogen-bond acceptors (Lipinski definition) is 2. The molecule has 141 valence electrons. The van der Waals surface area contributed by atoms with Crippen LogP contribution < -0.4 is 4.58 Å². The van der Waals surface area contributed by atoms with Crippen molar-refractivity contribution in [2.24, 2.45) is 0 Å². The number of fused-ring (bicyclic) bond motifs is 3. The Bertz CT molecular complexity index is 1250. The van der Waals surface area contributed by atoms with Gasteiger partial charge >= 0.3 is 5.95 Å². The number of hydrogen-bond donors (Lipinski definition) is 0. The summed E-state index contributed by atoms with van der Waals surface area (Å²) in [4.78, 5) is 9.10. The fourth-order valence-electron chi connectivity index (χ4n) is 3.99. The molecule has 5 heteroatoms. The fourth-order valence-corrected chi connectivity index (χ4v) is 3.99. The monoisotopic (exact) mass is 454 g/mol. The molecule has 0 atom stereocenters. The van der Waals surface area contributed by atoms with Crippen LogP contribution in [-0.2, 0) is 38.2 Å². The number of benzene rings is 2. The van der Waals surface area contributed by atoms with E-state index in [1.54, 1.807) is 6.20 Å². The Morgan fingerprint density at radius 3 is 2.52 bits per heavy atom. The van der Waals surface area contributed by atoms with E-state index in [0.717, 1.165) is 39.4 Å². The molecule has 0 bridgehead atoms. The van der Waals surface area contributed by atoms with Gasteiger partial charge in [-0.25, -0.2) is 20.3 Å². The van der Waals surface area contributed by atoms with Crippen LogP contribution in [0.15, 0.2) is 54.7 Å². The molecule has 0 aliphatic carbocycles. The summed E-state index contributed by atoms with van der Waals surface area (Å²) in [5.41, 5.74) is 7.31. The summed E-state index contributed by atoms with van der Waals surface area (Å²) in [6.45, 7) is 8.79. The van der Waals surface area contributed by atoms with E-state index < -0.39 is 0 Å². The van der Waals surface area contributed by atoms with Gasteiger partial charge < -0.3 is 4.98 Å². The maximum Gasteiger partial charge on any atom is 0.404 e. The number of nitrogens with zero attached hydrogens (tertiary/aromatic N) is 4. The van der Waals surface area contributed by atoms with Crippen molar-refractivity contribution in [2.45, 2.75) is 33.2 Å². The molecule has 0 spiro atoms. The van der Waals surface area contributed by atoms with E-state index in [0.29, 0.717) is 0 Å².